The lowest BCUT2D eigenvalue weighted by Gasteiger charge is -2.29. The molecular formula is C25H30ClN3O3S. The second-order valence-corrected chi connectivity index (χ2v) is 11.1. The molecule has 6 nitrogen and oxygen atoms in total. The molecule has 0 saturated carbocycles. The number of fused-ring (bicyclic) bond motifs is 1. The molecule has 33 heavy (non-hydrogen) atoms. The molecule has 1 aliphatic heterocycles. The van der Waals surface area contributed by atoms with E-state index in [-0.39, 0.29) is 5.91 Å². The van der Waals surface area contributed by atoms with Crippen LogP contribution in [0.3, 0.4) is 0 Å². The maximum atomic E-state index is 13.0. The standard InChI is InChI=1S/C25H30ClN3O3S/c1-19-9-16-29(17-10-19)33(31,32)22-6-7-24-21(18-22)11-14-28(24)15-12-25(30)27-13-8-20-4-2-3-5-23(20)26/h2-7,11,14,18-19H,8-10,12-13,15-17H2,1H3,(H,27,30). The minimum Gasteiger partial charge on any atom is -0.356 e. The van der Waals surface area contributed by atoms with Gasteiger partial charge in [-0.05, 0) is 61.1 Å². The van der Waals surface area contributed by atoms with Crippen molar-refractivity contribution in [2.75, 3.05) is 19.6 Å². The van der Waals surface area contributed by atoms with E-state index >= 15 is 0 Å². The second-order valence-electron chi connectivity index (χ2n) is 8.76. The number of sulfonamides is 1. The van der Waals surface area contributed by atoms with Crippen LogP contribution >= 0.6 is 11.6 Å². The van der Waals surface area contributed by atoms with Crippen molar-refractivity contribution in [2.45, 2.75) is 44.0 Å². The molecule has 2 heterocycles. The monoisotopic (exact) mass is 487 g/mol. The molecule has 1 aliphatic rings. The third-order valence-electron chi connectivity index (χ3n) is 6.38. The zero-order chi connectivity index (χ0) is 23.4. The van der Waals surface area contributed by atoms with E-state index in [0.29, 0.717) is 54.9 Å². The number of carbonyl (C=O) groups excluding carboxylic acids is 1. The molecule has 4 rings (SSSR count). The van der Waals surface area contributed by atoms with Crippen molar-refractivity contribution < 1.29 is 13.2 Å². The Bertz CT molecular complexity index is 1230. The van der Waals surface area contributed by atoms with Crippen molar-refractivity contribution in [2.24, 2.45) is 5.92 Å². The first kappa shape index (κ1) is 23.8. The Kier molecular flexibility index (Phi) is 7.41. The van der Waals surface area contributed by atoms with Gasteiger partial charge in [0, 0.05) is 54.7 Å². The van der Waals surface area contributed by atoms with E-state index in [0.717, 1.165) is 29.3 Å². The smallest absolute Gasteiger partial charge is 0.243 e. The van der Waals surface area contributed by atoms with Crippen LogP contribution in [0.25, 0.3) is 10.9 Å². The predicted molar refractivity (Wildman–Crippen MR) is 132 cm³/mol. The number of hydrogen-bond acceptors (Lipinski definition) is 3. The summed E-state index contributed by atoms with van der Waals surface area (Å²) in [5, 5.41) is 4.51. The molecule has 1 saturated heterocycles. The number of carbonyl (C=O) groups is 1. The van der Waals surface area contributed by atoms with E-state index in [1.54, 1.807) is 16.4 Å². The van der Waals surface area contributed by atoms with Crippen molar-refractivity contribution in [3.8, 4) is 0 Å². The van der Waals surface area contributed by atoms with Gasteiger partial charge in [0.1, 0.15) is 0 Å². The first-order chi connectivity index (χ1) is 15.8. The normalized spacial score (nSPS) is 15.7. The van der Waals surface area contributed by atoms with Crippen molar-refractivity contribution in [1.82, 2.24) is 14.2 Å². The van der Waals surface area contributed by atoms with Gasteiger partial charge in [0.15, 0.2) is 0 Å². The average molecular weight is 488 g/mol. The van der Waals surface area contributed by atoms with Crippen LogP contribution in [0.4, 0.5) is 0 Å². The van der Waals surface area contributed by atoms with Crippen LogP contribution in [0.2, 0.25) is 5.02 Å². The summed E-state index contributed by atoms with van der Waals surface area (Å²) in [7, 11) is -3.48. The fourth-order valence-corrected chi connectivity index (χ4v) is 5.99. The molecule has 0 spiro atoms. The highest BCUT2D eigenvalue weighted by Crippen LogP contribution is 2.26. The number of aromatic nitrogens is 1. The highest BCUT2D eigenvalue weighted by Gasteiger charge is 2.28. The molecule has 3 aromatic rings. The number of rotatable bonds is 8. The molecular weight excluding hydrogens is 458 g/mol. The highest BCUT2D eigenvalue weighted by atomic mass is 35.5. The molecule has 0 bridgehead atoms. The van der Waals surface area contributed by atoms with Gasteiger partial charge in [-0.25, -0.2) is 8.42 Å². The topological polar surface area (TPSA) is 71.4 Å². The molecule has 0 unspecified atom stereocenters. The van der Waals surface area contributed by atoms with Gasteiger partial charge in [-0.15, -0.1) is 0 Å². The van der Waals surface area contributed by atoms with Crippen LogP contribution in [-0.2, 0) is 27.8 Å². The van der Waals surface area contributed by atoms with Gasteiger partial charge in [0.05, 0.1) is 4.90 Å². The summed E-state index contributed by atoms with van der Waals surface area (Å²) in [6.07, 6.45) is 4.74. The summed E-state index contributed by atoms with van der Waals surface area (Å²) in [6.45, 7) is 4.38. The number of hydrogen-bond donors (Lipinski definition) is 1. The first-order valence-corrected chi connectivity index (χ1v) is 13.3. The number of nitrogens with zero attached hydrogens (tertiary/aromatic N) is 2. The molecule has 0 radical (unpaired) electrons. The molecule has 176 valence electrons. The van der Waals surface area contributed by atoms with Gasteiger partial charge in [0.2, 0.25) is 15.9 Å². The lowest BCUT2D eigenvalue weighted by Crippen LogP contribution is -2.37. The quantitative estimate of drug-likeness (QED) is 0.509. The van der Waals surface area contributed by atoms with E-state index in [9.17, 15) is 13.2 Å². The van der Waals surface area contributed by atoms with Crippen LogP contribution in [0.15, 0.2) is 59.6 Å². The van der Waals surface area contributed by atoms with Gasteiger partial charge in [-0.1, -0.05) is 36.7 Å². The van der Waals surface area contributed by atoms with Crippen LogP contribution in [0.5, 0.6) is 0 Å². The summed E-state index contributed by atoms with van der Waals surface area (Å²) >= 11 is 6.16. The lowest BCUT2D eigenvalue weighted by atomic mass is 10.0. The molecule has 2 aromatic carbocycles. The second kappa shape index (κ2) is 10.3. The molecule has 1 fully saturated rings. The van der Waals surface area contributed by atoms with Crippen molar-refractivity contribution in [1.29, 1.82) is 0 Å². The SMILES string of the molecule is CC1CCN(S(=O)(=O)c2ccc3c(ccn3CCC(=O)NCCc3ccccc3Cl)c2)CC1. The van der Waals surface area contributed by atoms with E-state index < -0.39 is 10.0 Å². The van der Waals surface area contributed by atoms with E-state index in [4.69, 9.17) is 11.6 Å². The number of nitrogens with one attached hydrogen (secondary N) is 1. The van der Waals surface area contributed by atoms with Crippen molar-refractivity contribution >= 4 is 38.4 Å². The summed E-state index contributed by atoms with van der Waals surface area (Å²) in [5.41, 5.74) is 1.94. The Morgan fingerprint density at radius 3 is 2.64 bits per heavy atom. The van der Waals surface area contributed by atoms with E-state index in [2.05, 4.69) is 12.2 Å². The van der Waals surface area contributed by atoms with Crippen LogP contribution in [-0.4, -0.2) is 42.8 Å². The molecule has 1 aromatic heterocycles. The largest absolute Gasteiger partial charge is 0.356 e. The summed E-state index contributed by atoms with van der Waals surface area (Å²) in [6, 6.07) is 14.8. The van der Waals surface area contributed by atoms with Gasteiger partial charge in [-0.3, -0.25) is 4.79 Å². The zero-order valence-corrected chi connectivity index (χ0v) is 20.4. The van der Waals surface area contributed by atoms with Crippen LogP contribution in [0, 0.1) is 5.92 Å². The van der Waals surface area contributed by atoms with Crippen molar-refractivity contribution in [3.05, 3.63) is 65.3 Å². The average Bonchev–Trinajstić information content (AvgIpc) is 3.21. The predicted octanol–water partition coefficient (Wildman–Crippen LogP) is 4.46. The third-order valence-corrected chi connectivity index (χ3v) is 8.64. The molecule has 0 atom stereocenters. The number of aryl methyl sites for hydroxylation is 1. The summed E-state index contributed by atoms with van der Waals surface area (Å²) < 4.78 is 29.7. The molecule has 1 N–H and O–H groups in total. The Morgan fingerprint density at radius 1 is 1.12 bits per heavy atom. The maximum absolute atomic E-state index is 13.0. The third kappa shape index (κ3) is 5.60. The Balaban J connectivity index is 1.34. The van der Waals surface area contributed by atoms with Gasteiger partial charge < -0.3 is 9.88 Å². The molecule has 8 heteroatoms. The van der Waals surface area contributed by atoms with E-state index in [1.165, 1.54) is 0 Å². The number of benzene rings is 2. The summed E-state index contributed by atoms with van der Waals surface area (Å²) in [4.78, 5) is 12.6. The number of halogens is 1. The number of amides is 1. The van der Waals surface area contributed by atoms with Gasteiger partial charge in [-0.2, -0.15) is 4.31 Å². The van der Waals surface area contributed by atoms with Gasteiger partial charge in [0.25, 0.3) is 0 Å². The minimum absolute atomic E-state index is 0.0255. The first-order valence-electron chi connectivity index (χ1n) is 11.4. The van der Waals surface area contributed by atoms with Gasteiger partial charge >= 0.3 is 0 Å². The minimum atomic E-state index is -3.48. The Morgan fingerprint density at radius 2 is 1.88 bits per heavy atom. The molecule has 1 amide bonds. The lowest BCUT2D eigenvalue weighted by molar-refractivity contribution is -0.121. The van der Waals surface area contributed by atoms with Crippen LogP contribution in [0.1, 0.15) is 31.7 Å². The van der Waals surface area contributed by atoms with E-state index in [1.807, 2.05) is 47.2 Å². The fourth-order valence-electron chi connectivity index (χ4n) is 4.26. The zero-order valence-electron chi connectivity index (χ0n) is 18.8. The fraction of sp³-hybridized carbons (Fsp3) is 0.400. The number of piperidine rings is 1. The van der Waals surface area contributed by atoms with Crippen LogP contribution < -0.4 is 5.32 Å². The Labute approximate surface area is 200 Å². The summed E-state index contributed by atoms with van der Waals surface area (Å²) in [5.74, 6) is 0.545. The maximum Gasteiger partial charge on any atom is 0.243 e. The highest BCUT2D eigenvalue weighted by molar-refractivity contribution is 7.89. The van der Waals surface area contributed by atoms with Crippen molar-refractivity contribution in [3.63, 3.8) is 0 Å². The Hall–Kier alpha value is -2.35. The molecule has 0 aliphatic carbocycles.